The van der Waals surface area contributed by atoms with E-state index in [1.54, 1.807) is 12.3 Å². The number of sulfonamides is 1. The lowest BCUT2D eigenvalue weighted by Crippen LogP contribution is -2.43. The standard InChI is InChI=1S/C22H20BrClF2N4O3S/c23-18-13-29(12-17-19(24)4-1-5-20(17)26)28-21(18)27-22(31)14-3-2-10-30(11-14)34(32,33)16-8-6-15(25)7-9-16/h1,4-9,13-14H,2-3,10-12H2,(H,27,28,31)/t14-/m1/s1. The lowest BCUT2D eigenvalue weighted by Gasteiger charge is -2.31. The maximum atomic E-state index is 14.1. The van der Waals surface area contributed by atoms with E-state index in [-0.39, 0.29) is 46.8 Å². The van der Waals surface area contributed by atoms with Crippen molar-refractivity contribution in [1.29, 1.82) is 0 Å². The molecule has 0 bridgehead atoms. The zero-order valence-electron chi connectivity index (χ0n) is 17.7. The number of rotatable bonds is 6. The fourth-order valence-electron chi connectivity index (χ4n) is 3.76. The molecule has 12 heteroatoms. The molecule has 1 aliphatic rings. The predicted octanol–water partition coefficient (Wildman–Crippen LogP) is 4.66. The quantitative estimate of drug-likeness (QED) is 0.465. The summed E-state index contributed by atoms with van der Waals surface area (Å²) in [5, 5.41) is 7.28. The number of halogens is 4. The first-order valence-corrected chi connectivity index (χ1v) is 13.0. The van der Waals surface area contributed by atoms with E-state index < -0.39 is 27.6 Å². The second-order valence-corrected chi connectivity index (χ2v) is 11.1. The molecule has 2 aromatic carbocycles. The maximum absolute atomic E-state index is 14.1. The predicted molar refractivity (Wildman–Crippen MR) is 127 cm³/mol. The Bertz CT molecular complexity index is 1300. The SMILES string of the molecule is O=C(Nc1nn(Cc2c(F)cccc2Cl)cc1Br)[C@@H]1CCCN(S(=O)(=O)c2ccc(F)cc2)C1. The summed E-state index contributed by atoms with van der Waals surface area (Å²) in [5.74, 6) is -1.74. The number of hydrogen-bond donors (Lipinski definition) is 1. The molecule has 34 heavy (non-hydrogen) atoms. The monoisotopic (exact) mass is 572 g/mol. The van der Waals surface area contributed by atoms with Gasteiger partial charge in [0.2, 0.25) is 15.9 Å². The lowest BCUT2D eigenvalue weighted by molar-refractivity contribution is -0.120. The molecule has 7 nitrogen and oxygen atoms in total. The van der Waals surface area contributed by atoms with Crippen molar-refractivity contribution in [3.63, 3.8) is 0 Å². The number of aromatic nitrogens is 2. The lowest BCUT2D eigenvalue weighted by atomic mass is 9.99. The second-order valence-electron chi connectivity index (χ2n) is 7.87. The molecular formula is C22H20BrClF2N4O3S. The van der Waals surface area contributed by atoms with E-state index in [2.05, 4.69) is 26.3 Å². The summed E-state index contributed by atoms with van der Waals surface area (Å²) >= 11 is 9.42. The van der Waals surface area contributed by atoms with Gasteiger partial charge in [-0.15, -0.1) is 0 Å². The highest BCUT2D eigenvalue weighted by molar-refractivity contribution is 9.10. The highest BCUT2D eigenvalue weighted by atomic mass is 79.9. The fourth-order valence-corrected chi connectivity index (χ4v) is 5.92. The third-order valence-electron chi connectivity index (χ3n) is 5.55. The van der Waals surface area contributed by atoms with E-state index in [4.69, 9.17) is 11.6 Å². The number of hydrogen-bond acceptors (Lipinski definition) is 4. The van der Waals surface area contributed by atoms with Crippen LogP contribution >= 0.6 is 27.5 Å². The molecule has 1 aliphatic heterocycles. The van der Waals surface area contributed by atoms with E-state index in [0.29, 0.717) is 17.3 Å². The molecule has 4 rings (SSSR count). The van der Waals surface area contributed by atoms with Gasteiger partial charge in [-0.05, 0) is 65.2 Å². The number of benzene rings is 2. The first-order valence-electron chi connectivity index (χ1n) is 10.4. The molecule has 1 saturated heterocycles. The Hall–Kier alpha value is -2.34. The first kappa shape index (κ1) is 24.8. The molecule has 1 atom stereocenters. The summed E-state index contributed by atoms with van der Waals surface area (Å²) in [7, 11) is -3.86. The van der Waals surface area contributed by atoms with Gasteiger partial charge in [-0.25, -0.2) is 17.2 Å². The molecule has 1 N–H and O–H groups in total. The van der Waals surface area contributed by atoms with E-state index in [1.165, 1.54) is 33.3 Å². The number of anilines is 1. The van der Waals surface area contributed by atoms with Gasteiger partial charge in [0, 0.05) is 29.9 Å². The Labute approximate surface area is 208 Å². The van der Waals surface area contributed by atoms with Crippen LogP contribution < -0.4 is 5.32 Å². The van der Waals surface area contributed by atoms with Crippen LogP contribution in [0.1, 0.15) is 18.4 Å². The van der Waals surface area contributed by atoms with Crippen molar-refractivity contribution in [2.75, 3.05) is 18.4 Å². The van der Waals surface area contributed by atoms with Crippen molar-refractivity contribution >= 4 is 49.3 Å². The molecule has 1 amide bonds. The van der Waals surface area contributed by atoms with Crippen molar-refractivity contribution in [2.45, 2.75) is 24.3 Å². The van der Waals surface area contributed by atoms with Crippen LogP contribution in [0.25, 0.3) is 0 Å². The van der Waals surface area contributed by atoms with Crippen LogP contribution in [0.15, 0.2) is 58.0 Å². The number of nitrogens with one attached hydrogen (secondary N) is 1. The van der Waals surface area contributed by atoms with E-state index >= 15 is 0 Å². The average molecular weight is 574 g/mol. The Kier molecular flexibility index (Phi) is 7.36. The van der Waals surface area contributed by atoms with Gasteiger partial charge >= 0.3 is 0 Å². The normalized spacial score (nSPS) is 17.0. The summed E-state index contributed by atoms with van der Waals surface area (Å²) in [4.78, 5) is 12.9. The summed E-state index contributed by atoms with van der Waals surface area (Å²) in [6.07, 6.45) is 2.59. The average Bonchev–Trinajstić information content (AvgIpc) is 3.15. The van der Waals surface area contributed by atoms with Crippen molar-refractivity contribution in [3.05, 3.63) is 75.4 Å². The van der Waals surface area contributed by atoms with Crippen molar-refractivity contribution < 1.29 is 22.0 Å². The van der Waals surface area contributed by atoms with Crippen molar-refractivity contribution in [3.8, 4) is 0 Å². The van der Waals surface area contributed by atoms with Crippen LogP contribution in [-0.2, 0) is 21.4 Å². The zero-order chi connectivity index (χ0) is 24.5. The third-order valence-corrected chi connectivity index (χ3v) is 8.36. The molecule has 0 unspecified atom stereocenters. The molecule has 0 spiro atoms. The summed E-state index contributed by atoms with van der Waals surface area (Å²) < 4.78 is 56.3. The second kappa shape index (κ2) is 10.1. The molecule has 180 valence electrons. The van der Waals surface area contributed by atoms with Crippen LogP contribution in [-0.4, -0.2) is 41.5 Å². The smallest absolute Gasteiger partial charge is 0.243 e. The van der Waals surface area contributed by atoms with Gasteiger partial charge in [-0.1, -0.05) is 17.7 Å². The van der Waals surface area contributed by atoms with Gasteiger partial charge in [-0.3, -0.25) is 9.48 Å². The molecule has 0 aliphatic carbocycles. The molecular weight excluding hydrogens is 554 g/mol. The largest absolute Gasteiger partial charge is 0.308 e. The zero-order valence-corrected chi connectivity index (χ0v) is 20.9. The number of amides is 1. The number of carbonyl (C=O) groups excluding carboxylic acids is 1. The van der Waals surface area contributed by atoms with Crippen LogP contribution in [0.4, 0.5) is 14.6 Å². The Morgan fingerprint density at radius 1 is 1.21 bits per heavy atom. The summed E-state index contributed by atoms with van der Waals surface area (Å²) in [5.41, 5.74) is 0.269. The highest BCUT2D eigenvalue weighted by Crippen LogP contribution is 2.27. The van der Waals surface area contributed by atoms with Crippen molar-refractivity contribution in [1.82, 2.24) is 14.1 Å². The summed E-state index contributed by atoms with van der Waals surface area (Å²) in [6, 6.07) is 8.98. The molecule has 1 aromatic heterocycles. The van der Waals surface area contributed by atoms with Gasteiger partial charge in [0.15, 0.2) is 5.82 Å². The van der Waals surface area contributed by atoms with Crippen LogP contribution in [0.5, 0.6) is 0 Å². The fraction of sp³-hybridized carbons (Fsp3) is 0.273. The van der Waals surface area contributed by atoms with Crippen LogP contribution in [0.3, 0.4) is 0 Å². The minimum Gasteiger partial charge on any atom is -0.308 e. The van der Waals surface area contributed by atoms with Gasteiger partial charge < -0.3 is 5.32 Å². The van der Waals surface area contributed by atoms with E-state index in [9.17, 15) is 22.0 Å². The van der Waals surface area contributed by atoms with Gasteiger partial charge in [0.1, 0.15) is 11.6 Å². The van der Waals surface area contributed by atoms with Crippen LogP contribution in [0.2, 0.25) is 5.02 Å². The minimum absolute atomic E-state index is 0.00525. The van der Waals surface area contributed by atoms with Crippen molar-refractivity contribution in [2.24, 2.45) is 5.92 Å². The molecule has 3 aromatic rings. The maximum Gasteiger partial charge on any atom is 0.243 e. The highest BCUT2D eigenvalue weighted by Gasteiger charge is 2.33. The van der Waals surface area contributed by atoms with Gasteiger partial charge in [0.25, 0.3) is 0 Å². The molecule has 0 saturated carbocycles. The molecule has 1 fully saturated rings. The van der Waals surface area contributed by atoms with Crippen LogP contribution in [0, 0.1) is 17.6 Å². The molecule has 0 radical (unpaired) electrons. The Morgan fingerprint density at radius 2 is 1.94 bits per heavy atom. The Balaban J connectivity index is 1.45. The van der Waals surface area contributed by atoms with Gasteiger partial charge in [-0.2, -0.15) is 9.40 Å². The van der Waals surface area contributed by atoms with Gasteiger partial charge in [0.05, 0.1) is 21.8 Å². The topological polar surface area (TPSA) is 84.3 Å². The minimum atomic E-state index is -3.86. The first-order chi connectivity index (χ1) is 16.1. The summed E-state index contributed by atoms with van der Waals surface area (Å²) in [6.45, 7) is 0.326. The Morgan fingerprint density at radius 3 is 2.65 bits per heavy atom. The number of piperidine rings is 1. The number of nitrogens with zero attached hydrogens (tertiary/aromatic N) is 3. The van der Waals surface area contributed by atoms with E-state index in [1.807, 2.05) is 0 Å². The van der Waals surface area contributed by atoms with E-state index in [0.717, 1.165) is 12.1 Å². The third kappa shape index (κ3) is 5.32. The number of carbonyl (C=O) groups is 1. The molecule has 2 heterocycles.